The first-order valence-corrected chi connectivity index (χ1v) is 11.1. The van der Waals surface area contributed by atoms with Crippen LogP contribution in [-0.4, -0.2) is 80.6 Å². The quantitative estimate of drug-likeness (QED) is 0.409. The number of piperidine rings is 1. The summed E-state index contributed by atoms with van der Waals surface area (Å²) >= 11 is 0. The van der Waals surface area contributed by atoms with Gasteiger partial charge >= 0.3 is 0 Å². The molecular weight excluding hydrogens is 466 g/mol. The molecule has 9 nitrogen and oxygen atoms in total. The second-order valence-corrected chi connectivity index (χ2v) is 8.33. The lowest BCUT2D eigenvalue weighted by molar-refractivity contribution is -0.0571. The molecule has 1 aliphatic rings. The highest BCUT2D eigenvalue weighted by Crippen LogP contribution is 2.30. The molecule has 1 fully saturated rings. The average Bonchev–Trinajstić information content (AvgIpc) is 3.41. The molecule has 0 amide bonds. The number of likely N-dealkylation sites (tertiary alicyclic amines) is 1. The monoisotopic (exact) mass is 493 g/mol. The van der Waals surface area contributed by atoms with Crippen LogP contribution in [0.5, 0.6) is 0 Å². The van der Waals surface area contributed by atoms with Crippen molar-refractivity contribution in [1.29, 1.82) is 0 Å². The molecule has 5 rings (SSSR count). The van der Waals surface area contributed by atoms with Crippen molar-refractivity contribution in [2.45, 2.75) is 31.7 Å². The molecule has 2 N–H and O–H groups in total. The van der Waals surface area contributed by atoms with Crippen LogP contribution < -0.4 is 10.6 Å². The number of nitrogens with one attached hydrogen (secondary N) is 2. The minimum Gasteiger partial charge on any atom is -0.371 e. The van der Waals surface area contributed by atoms with Crippen LogP contribution in [0.25, 0.3) is 27.9 Å². The van der Waals surface area contributed by atoms with E-state index in [-0.39, 0.29) is 13.0 Å². The third-order valence-electron chi connectivity index (χ3n) is 5.63. The topological polar surface area (TPSA) is 88.2 Å². The minimum atomic E-state index is -2.47. The first kappa shape index (κ1) is 24.6. The van der Waals surface area contributed by atoms with Crippen LogP contribution in [-0.2, 0) is 6.54 Å². The first-order valence-electron chi connectivity index (χ1n) is 11.1. The number of nitrogens with zero attached hydrogens (tertiary/aromatic N) is 7. The summed E-state index contributed by atoms with van der Waals surface area (Å²) in [5.41, 5.74) is 3.16. The number of alkyl halides is 4. The highest BCUT2D eigenvalue weighted by atomic mass is 19.3. The van der Waals surface area contributed by atoms with Crippen LogP contribution in [0.4, 0.5) is 29.3 Å². The molecule has 4 aromatic heterocycles. The van der Waals surface area contributed by atoms with Crippen molar-refractivity contribution in [3.8, 4) is 11.3 Å². The molecule has 0 bridgehead atoms. The highest BCUT2D eigenvalue weighted by molar-refractivity contribution is 5.89. The number of hydrogen-bond donors (Lipinski definition) is 2. The van der Waals surface area contributed by atoms with Crippen LogP contribution in [0.2, 0.25) is 0 Å². The number of rotatable bonds is 5. The Bertz CT molecular complexity index is 1300. The van der Waals surface area contributed by atoms with E-state index in [0.29, 0.717) is 35.0 Å². The van der Waals surface area contributed by atoms with Crippen LogP contribution in [0, 0.1) is 0 Å². The zero-order valence-corrected chi connectivity index (χ0v) is 19.6. The second-order valence-electron chi connectivity index (χ2n) is 8.33. The largest absolute Gasteiger partial charge is 0.371 e. The lowest BCUT2D eigenvalue weighted by Gasteiger charge is -2.28. The van der Waals surface area contributed by atoms with Gasteiger partial charge in [0.05, 0.1) is 25.1 Å². The molecule has 188 valence electrons. The number of hydrogen-bond acceptors (Lipinski definition) is 7. The number of halogens is 4. The van der Waals surface area contributed by atoms with E-state index in [9.17, 15) is 17.6 Å². The summed E-state index contributed by atoms with van der Waals surface area (Å²) in [4.78, 5) is 14.8. The summed E-state index contributed by atoms with van der Waals surface area (Å²) < 4.78 is 53.4. The third kappa shape index (κ3) is 5.45. The Labute approximate surface area is 199 Å². The SMILES string of the molecule is CN1CCCC(F)(F)C1.CNc1nc(NC)c2c(-c3ccc4ncn(CC(F)F)c4n3)ccn2n1. The van der Waals surface area contributed by atoms with Crippen molar-refractivity contribution >= 4 is 28.4 Å². The predicted molar refractivity (Wildman–Crippen MR) is 126 cm³/mol. The highest BCUT2D eigenvalue weighted by Gasteiger charge is 2.33. The van der Waals surface area contributed by atoms with E-state index >= 15 is 0 Å². The molecule has 0 aliphatic carbocycles. The molecule has 0 saturated carbocycles. The van der Waals surface area contributed by atoms with Crippen molar-refractivity contribution in [3.05, 3.63) is 30.7 Å². The number of pyridine rings is 1. The van der Waals surface area contributed by atoms with E-state index in [2.05, 4.69) is 30.7 Å². The van der Waals surface area contributed by atoms with Gasteiger partial charge in [-0.3, -0.25) is 0 Å². The molecule has 0 spiro atoms. The fraction of sp³-hybridized carbons (Fsp3) is 0.455. The van der Waals surface area contributed by atoms with Crippen LogP contribution >= 0.6 is 0 Å². The summed E-state index contributed by atoms with van der Waals surface area (Å²) in [5, 5.41) is 10.3. The predicted octanol–water partition coefficient (Wildman–Crippen LogP) is 3.84. The van der Waals surface area contributed by atoms with Gasteiger partial charge < -0.3 is 20.1 Å². The lowest BCUT2D eigenvalue weighted by Crippen LogP contribution is -2.39. The summed E-state index contributed by atoms with van der Waals surface area (Å²) in [7, 11) is 5.24. The summed E-state index contributed by atoms with van der Waals surface area (Å²) in [6.45, 7) is 0.308. The van der Waals surface area contributed by atoms with Gasteiger partial charge in [-0.25, -0.2) is 32.0 Å². The molecule has 1 saturated heterocycles. The van der Waals surface area contributed by atoms with Crippen molar-refractivity contribution < 1.29 is 17.6 Å². The number of anilines is 2. The normalized spacial score (nSPS) is 15.9. The Morgan fingerprint density at radius 3 is 2.54 bits per heavy atom. The van der Waals surface area contributed by atoms with Gasteiger partial charge in [0, 0.05) is 32.3 Å². The Morgan fingerprint density at radius 1 is 1.11 bits per heavy atom. The van der Waals surface area contributed by atoms with Crippen LogP contribution in [0.1, 0.15) is 12.8 Å². The van der Waals surface area contributed by atoms with E-state index in [0.717, 1.165) is 17.6 Å². The number of aromatic nitrogens is 6. The minimum absolute atomic E-state index is 0.0625. The fourth-order valence-corrected chi connectivity index (χ4v) is 4.04. The zero-order valence-electron chi connectivity index (χ0n) is 19.6. The molecule has 35 heavy (non-hydrogen) atoms. The molecule has 0 radical (unpaired) electrons. The molecule has 4 aromatic rings. The fourth-order valence-electron chi connectivity index (χ4n) is 4.04. The first-order chi connectivity index (χ1) is 16.7. The molecule has 0 unspecified atom stereocenters. The maximum atomic E-state index is 12.8. The lowest BCUT2D eigenvalue weighted by atomic mass is 10.1. The molecule has 5 heterocycles. The van der Waals surface area contributed by atoms with Crippen molar-refractivity contribution in [2.24, 2.45) is 0 Å². The van der Waals surface area contributed by atoms with E-state index in [1.807, 2.05) is 12.1 Å². The van der Waals surface area contributed by atoms with Gasteiger partial charge in [0.2, 0.25) is 5.95 Å². The molecular formula is C22H27F4N9. The van der Waals surface area contributed by atoms with E-state index in [1.165, 1.54) is 10.9 Å². The van der Waals surface area contributed by atoms with Crippen molar-refractivity contribution in [3.63, 3.8) is 0 Å². The van der Waals surface area contributed by atoms with Gasteiger partial charge in [0.15, 0.2) is 11.5 Å². The Kier molecular flexibility index (Phi) is 7.05. The van der Waals surface area contributed by atoms with E-state index in [1.54, 1.807) is 42.8 Å². The Morgan fingerprint density at radius 2 is 1.91 bits per heavy atom. The summed E-state index contributed by atoms with van der Waals surface area (Å²) in [5.74, 6) is -1.32. The molecule has 0 aromatic carbocycles. The van der Waals surface area contributed by atoms with Gasteiger partial charge in [-0.1, -0.05) is 0 Å². The Balaban J connectivity index is 0.000000271. The Hall–Kier alpha value is -3.48. The van der Waals surface area contributed by atoms with Crippen LogP contribution in [0.15, 0.2) is 30.7 Å². The van der Waals surface area contributed by atoms with Gasteiger partial charge in [-0.2, -0.15) is 4.98 Å². The standard InChI is InChI=1S/C16H16F2N8.C6H11F2N/c1-19-14-13-9(5-6-26(13)24-16(20-2)23-14)10-3-4-11-15(22-10)25(8-21-11)7-12(17)18;1-9-4-2-3-6(7,8)5-9/h3-6,8,12H,7H2,1-2H3,(H2,19,20,23,24);2-5H2,1H3. The maximum absolute atomic E-state index is 12.8. The van der Waals surface area contributed by atoms with Gasteiger partial charge in [0.1, 0.15) is 11.0 Å². The summed E-state index contributed by atoms with van der Waals surface area (Å²) in [6.07, 6.45) is 1.40. The number of fused-ring (bicyclic) bond motifs is 2. The maximum Gasteiger partial charge on any atom is 0.260 e. The van der Waals surface area contributed by atoms with Crippen molar-refractivity contribution in [2.75, 3.05) is 44.9 Å². The molecule has 13 heteroatoms. The van der Waals surface area contributed by atoms with Crippen LogP contribution in [0.3, 0.4) is 0 Å². The molecule has 1 aliphatic heterocycles. The van der Waals surface area contributed by atoms with Gasteiger partial charge in [0.25, 0.3) is 12.3 Å². The molecule has 0 atom stereocenters. The summed E-state index contributed by atoms with van der Waals surface area (Å²) in [6, 6.07) is 5.44. The second kappa shape index (κ2) is 10.0. The van der Waals surface area contributed by atoms with Crippen molar-refractivity contribution in [1.82, 2.24) is 34.0 Å². The van der Waals surface area contributed by atoms with E-state index < -0.39 is 18.9 Å². The average molecular weight is 494 g/mol. The number of imidazole rings is 1. The van der Waals surface area contributed by atoms with Gasteiger partial charge in [-0.05, 0) is 38.2 Å². The van der Waals surface area contributed by atoms with Gasteiger partial charge in [-0.15, -0.1) is 5.10 Å². The smallest absolute Gasteiger partial charge is 0.260 e. The van der Waals surface area contributed by atoms with E-state index in [4.69, 9.17) is 0 Å². The third-order valence-corrected chi connectivity index (χ3v) is 5.63. The zero-order chi connectivity index (χ0) is 25.2.